The first-order chi connectivity index (χ1) is 13.9. The molecule has 0 saturated carbocycles. The summed E-state index contributed by atoms with van der Waals surface area (Å²) in [6, 6.07) is 25.1. The molecule has 0 spiro atoms. The second-order valence-corrected chi connectivity index (χ2v) is 8.58. The number of nitrogens with one attached hydrogen (secondary N) is 1. The van der Waals surface area contributed by atoms with Crippen LogP contribution in [0.15, 0.2) is 84.9 Å². The number of carbonyl (C=O) groups is 1. The van der Waals surface area contributed by atoms with E-state index in [1.54, 1.807) is 37.3 Å². The molecule has 1 N–H and O–H groups in total. The average Bonchev–Trinajstić information content (AvgIpc) is 2.72. The van der Waals surface area contributed by atoms with Gasteiger partial charge in [-0.3, -0.25) is 9.10 Å². The van der Waals surface area contributed by atoms with Gasteiger partial charge >= 0.3 is 0 Å². The molecular weight excluding hydrogens is 384 g/mol. The van der Waals surface area contributed by atoms with Gasteiger partial charge in [-0.2, -0.15) is 0 Å². The molecule has 5 nitrogen and oxygen atoms in total. The van der Waals surface area contributed by atoms with Crippen LogP contribution in [0.3, 0.4) is 0 Å². The summed E-state index contributed by atoms with van der Waals surface area (Å²) < 4.78 is 26.2. The third-order valence-corrected chi connectivity index (χ3v) is 5.79. The van der Waals surface area contributed by atoms with E-state index in [1.165, 1.54) is 4.31 Å². The summed E-state index contributed by atoms with van der Waals surface area (Å²) in [6.07, 6.45) is 1.45. The molecule has 0 fully saturated rings. The van der Waals surface area contributed by atoms with Crippen molar-refractivity contribution in [3.05, 3.63) is 84.9 Å². The molecule has 1 amide bonds. The van der Waals surface area contributed by atoms with E-state index < -0.39 is 16.1 Å². The maximum absolute atomic E-state index is 13.2. The van der Waals surface area contributed by atoms with Gasteiger partial charge in [0.1, 0.15) is 6.04 Å². The normalized spacial score (nSPS) is 12.2. The van der Waals surface area contributed by atoms with Gasteiger partial charge in [0.25, 0.3) is 0 Å². The van der Waals surface area contributed by atoms with Gasteiger partial charge in [0.15, 0.2) is 0 Å². The zero-order valence-electron chi connectivity index (χ0n) is 16.4. The van der Waals surface area contributed by atoms with Crippen molar-refractivity contribution in [1.82, 2.24) is 0 Å². The number of hydrogen-bond donors (Lipinski definition) is 1. The first-order valence-corrected chi connectivity index (χ1v) is 11.3. The lowest BCUT2D eigenvalue weighted by Crippen LogP contribution is -2.47. The number of anilines is 2. The molecule has 3 aromatic carbocycles. The molecule has 0 bridgehead atoms. The van der Waals surface area contributed by atoms with Crippen molar-refractivity contribution >= 4 is 27.3 Å². The number of amides is 1. The first-order valence-electron chi connectivity index (χ1n) is 9.41. The Kier molecular flexibility index (Phi) is 6.34. The predicted molar refractivity (Wildman–Crippen MR) is 118 cm³/mol. The fraction of sp³-hybridized carbons (Fsp3) is 0.174. The molecule has 0 saturated heterocycles. The fourth-order valence-corrected chi connectivity index (χ4v) is 4.52. The van der Waals surface area contributed by atoms with Crippen molar-refractivity contribution in [2.45, 2.75) is 19.4 Å². The molecular formula is C23H24N2O3S. The van der Waals surface area contributed by atoms with Crippen molar-refractivity contribution < 1.29 is 13.2 Å². The van der Waals surface area contributed by atoms with E-state index in [0.717, 1.165) is 17.4 Å². The smallest absolute Gasteiger partial charge is 0.248 e. The molecule has 0 aromatic heterocycles. The molecule has 0 unspecified atom stereocenters. The number of nitrogens with zero attached hydrogens (tertiary/aromatic N) is 1. The molecule has 0 aliphatic carbocycles. The summed E-state index contributed by atoms with van der Waals surface area (Å²) in [4.78, 5) is 13.2. The van der Waals surface area contributed by atoms with Gasteiger partial charge < -0.3 is 5.32 Å². The van der Waals surface area contributed by atoms with E-state index in [2.05, 4.69) is 5.32 Å². The monoisotopic (exact) mass is 408 g/mol. The molecule has 3 rings (SSSR count). The lowest BCUT2D eigenvalue weighted by Gasteiger charge is -2.30. The summed E-state index contributed by atoms with van der Waals surface area (Å²) in [5.41, 5.74) is 2.96. The molecule has 29 heavy (non-hydrogen) atoms. The van der Waals surface area contributed by atoms with Crippen LogP contribution in [-0.4, -0.2) is 26.6 Å². The topological polar surface area (TPSA) is 66.5 Å². The molecule has 0 aliphatic heterocycles. The number of rotatable bonds is 7. The van der Waals surface area contributed by atoms with Crippen LogP contribution < -0.4 is 9.62 Å². The highest BCUT2D eigenvalue weighted by atomic mass is 32.2. The fourth-order valence-electron chi connectivity index (χ4n) is 3.31. The molecule has 0 aliphatic rings. The first kappa shape index (κ1) is 20.6. The van der Waals surface area contributed by atoms with Crippen LogP contribution in [0, 0.1) is 0 Å². The Balaban J connectivity index is 1.95. The Morgan fingerprint density at radius 3 is 2.03 bits per heavy atom. The van der Waals surface area contributed by atoms with Crippen molar-refractivity contribution in [1.29, 1.82) is 0 Å². The highest BCUT2D eigenvalue weighted by Crippen LogP contribution is 2.29. The average molecular weight is 409 g/mol. The van der Waals surface area contributed by atoms with Gasteiger partial charge in [0.2, 0.25) is 15.9 Å². The lowest BCUT2D eigenvalue weighted by molar-refractivity contribution is -0.117. The highest BCUT2D eigenvalue weighted by Gasteiger charge is 2.31. The van der Waals surface area contributed by atoms with Crippen LogP contribution in [0.5, 0.6) is 0 Å². The molecule has 1 atom stereocenters. The SMILES string of the molecule is CC[C@@H](C(=O)Nc1ccccc1-c1ccccc1)N(c1ccccc1)S(C)(=O)=O. The Hall–Kier alpha value is -3.12. The van der Waals surface area contributed by atoms with Gasteiger partial charge in [0, 0.05) is 11.3 Å². The summed E-state index contributed by atoms with van der Waals surface area (Å²) in [7, 11) is -3.66. The van der Waals surface area contributed by atoms with E-state index >= 15 is 0 Å². The van der Waals surface area contributed by atoms with Crippen LogP contribution in [-0.2, 0) is 14.8 Å². The van der Waals surface area contributed by atoms with E-state index in [-0.39, 0.29) is 5.91 Å². The molecule has 150 valence electrons. The molecule has 0 radical (unpaired) electrons. The van der Waals surface area contributed by atoms with Crippen LogP contribution in [0.1, 0.15) is 13.3 Å². The van der Waals surface area contributed by atoms with Gasteiger partial charge in [-0.25, -0.2) is 8.42 Å². The maximum atomic E-state index is 13.2. The van der Waals surface area contributed by atoms with Gasteiger partial charge in [-0.15, -0.1) is 0 Å². The number of sulfonamides is 1. The van der Waals surface area contributed by atoms with E-state index in [1.807, 2.05) is 54.6 Å². The van der Waals surface area contributed by atoms with Crippen LogP contribution in [0.2, 0.25) is 0 Å². The van der Waals surface area contributed by atoms with Crippen molar-refractivity contribution in [2.24, 2.45) is 0 Å². The number of benzene rings is 3. The molecule has 3 aromatic rings. The predicted octanol–water partition coefficient (Wildman–Crippen LogP) is 4.54. The number of para-hydroxylation sites is 2. The summed E-state index contributed by atoms with van der Waals surface area (Å²) in [6.45, 7) is 1.80. The lowest BCUT2D eigenvalue weighted by atomic mass is 10.0. The van der Waals surface area contributed by atoms with Crippen molar-refractivity contribution in [2.75, 3.05) is 15.9 Å². The Bertz CT molecular complexity index is 1070. The summed E-state index contributed by atoms with van der Waals surface area (Å²) >= 11 is 0. The number of carbonyl (C=O) groups excluding carboxylic acids is 1. The van der Waals surface area contributed by atoms with Crippen LogP contribution in [0.4, 0.5) is 11.4 Å². The second kappa shape index (κ2) is 8.92. The number of hydrogen-bond acceptors (Lipinski definition) is 3. The highest BCUT2D eigenvalue weighted by molar-refractivity contribution is 7.92. The minimum Gasteiger partial charge on any atom is -0.324 e. The zero-order chi connectivity index (χ0) is 20.9. The Morgan fingerprint density at radius 2 is 1.45 bits per heavy atom. The van der Waals surface area contributed by atoms with Gasteiger partial charge in [-0.1, -0.05) is 73.7 Å². The minimum absolute atomic E-state index is 0.335. The third kappa shape index (κ3) is 4.84. The quantitative estimate of drug-likeness (QED) is 0.624. The second-order valence-electron chi connectivity index (χ2n) is 6.72. The Labute approximate surface area is 172 Å². The molecule has 6 heteroatoms. The molecule has 0 heterocycles. The van der Waals surface area contributed by atoms with Gasteiger partial charge in [0.05, 0.1) is 11.9 Å². The van der Waals surface area contributed by atoms with E-state index in [9.17, 15) is 13.2 Å². The van der Waals surface area contributed by atoms with Gasteiger partial charge in [-0.05, 0) is 30.2 Å². The summed E-state index contributed by atoms with van der Waals surface area (Å²) in [5.74, 6) is -0.370. The minimum atomic E-state index is -3.66. The van der Waals surface area contributed by atoms with Crippen LogP contribution in [0.25, 0.3) is 11.1 Å². The standard InChI is InChI=1S/C23H24N2O3S/c1-3-22(25(29(2,27)28)19-14-8-5-9-15-19)23(26)24-21-17-11-10-16-20(21)18-12-6-4-7-13-18/h4-17,22H,3H2,1-2H3,(H,24,26)/t22-/m0/s1. The summed E-state index contributed by atoms with van der Waals surface area (Å²) in [5, 5.41) is 2.94. The maximum Gasteiger partial charge on any atom is 0.248 e. The largest absolute Gasteiger partial charge is 0.324 e. The zero-order valence-corrected chi connectivity index (χ0v) is 17.3. The van der Waals surface area contributed by atoms with E-state index in [4.69, 9.17) is 0 Å². The van der Waals surface area contributed by atoms with Crippen LogP contribution >= 0.6 is 0 Å². The van der Waals surface area contributed by atoms with E-state index in [0.29, 0.717) is 17.8 Å². The van der Waals surface area contributed by atoms with Crippen molar-refractivity contribution in [3.63, 3.8) is 0 Å². The Morgan fingerprint density at radius 1 is 0.897 bits per heavy atom. The third-order valence-electron chi connectivity index (χ3n) is 4.61. The van der Waals surface area contributed by atoms with Crippen molar-refractivity contribution in [3.8, 4) is 11.1 Å².